The quantitative estimate of drug-likeness (QED) is 0.484. The van der Waals surface area contributed by atoms with Crippen LogP contribution < -0.4 is 5.73 Å². The zero-order valence-corrected chi connectivity index (χ0v) is 19.1. The largest absolute Gasteiger partial charge is 0.322 e. The average molecular weight is 434 g/mol. The van der Waals surface area contributed by atoms with Gasteiger partial charge in [0.2, 0.25) is 0 Å². The highest BCUT2D eigenvalue weighted by atomic mass is 32.2. The lowest BCUT2D eigenvalue weighted by Crippen LogP contribution is -2.28. The molecule has 1 aromatic carbocycles. The molecule has 160 valence electrons. The summed E-state index contributed by atoms with van der Waals surface area (Å²) in [6, 6.07) is 13.8. The fourth-order valence-corrected chi connectivity index (χ4v) is 4.37. The Morgan fingerprint density at radius 1 is 1.03 bits per heavy atom. The predicted molar refractivity (Wildman–Crippen MR) is 126 cm³/mol. The number of nitrogens with two attached hydrogens (primary N) is 1. The second kappa shape index (κ2) is 8.32. The van der Waals surface area contributed by atoms with Crippen LogP contribution in [0.5, 0.6) is 0 Å². The lowest BCUT2D eigenvalue weighted by molar-refractivity contribution is 0.554. The Bertz CT molecular complexity index is 1260. The third-order valence-electron chi connectivity index (χ3n) is 5.35. The van der Waals surface area contributed by atoms with Crippen LogP contribution in [0.2, 0.25) is 0 Å². The second-order valence-electron chi connectivity index (χ2n) is 8.06. The van der Waals surface area contributed by atoms with E-state index in [0.29, 0.717) is 5.75 Å². The van der Waals surface area contributed by atoms with Crippen LogP contribution in [-0.4, -0.2) is 29.7 Å². The van der Waals surface area contributed by atoms with Crippen LogP contribution in [0, 0.1) is 0 Å². The van der Waals surface area contributed by atoms with Crippen molar-refractivity contribution in [2.24, 2.45) is 5.73 Å². The molecule has 31 heavy (non-hydrogen) atoms. The van der Waals surface area contributed by atoms with Crippen molar-refractivity contribution in [2.75, 3.05) is 5.75 Å². The number of aryl methyl sites for hydroxylation is 1. The number of hydrogen-bond donors (Lipinski definition) is 1. The molecule has 0 saturated heterocycles. The molecule has 3 heterocycles. The van der Waals surface area contributed by atoms with Gasteiger partial charge < -0.3 is 5.73 Å². The van der Waals surface area contributed by atoms with Crippen molar-refractivity contribution >= 4 is 21.7 Å². The van der Waals surface area contributed by atoms with Crippen LogP contribution in [-0.2, 0) is 22.9 Å². The number of hydrogen-bond acceptors (Lipinski definition) is 5. The zero-order chi connectivity index (χ0) is 22.2. The van der Waals surface area contributed by atoms with Crippen LogP contribution in [0.15, 0.2) is 59.8 Å². The van der Waals surface area contributed by atoms with Gasteiger partial charge in [0.15, 0.2) is 0 Å². The summed E-state index contributed by atoms with van der Waals surface area (Å²) in [4.78, 5) is 9.98. The molecule has 0 bridgehead atoms. The van der Waals surface area contributed by atoms with E-state index in [0.717, 1.165) is 50.6 Å². The van der Waals surface area contributed by atoms with Gasteiger partial charge in [-0.25, -0.2) is 0 Å². The third kappa shape index (κ3) is 4.16. The van der Waals surface area contributed by atoms with E-state index in [1.165, 1.54) is 0 Å². The van der Waals surface area contributed by atoms with E-state index in [1.54, 1.807) is 6.20 Å². The van der Waals surface area contributed by atoms with E-state index >= 15 is 0 Å². The predicted octanol–water partition coefficient (Wildman–Crippen LogP) is 4.50. The number of benzene rings is 1. The molecule has 0 aliphatic carbocycles. The topological polar surface area (TPSA) is 86.7 Å². The highest BCUT2D eigenvalue weighted by molar-refractivity contribution is 7.85. The first-order valence-corrected chi connectivity index (χ1v) is 11.7. The number of nitrogens with zero attached hydrogens (tertiary/aromatic N) is 4. The van der Waals surface area contributed by atoms with Crippen molar-refractivity contribution in [3.05, 3.63) is 60.4 Å². The summed E-state index contributed by atoms with van der Waals surface area (Å²) in [7, 11) is -1.02. The van der Waals surface area contributed by atoms with Gasteiger partial charge in [-0.2, -0.15) is 5.10 Å². The lowest BCUT2D eigenvalue weighted by Gasteiger charge is -2.19. The van der Waals surface area contributed by atoms with Gasteiger partial charge >= 0.3 is 0 Å². The van der Waals surface area contributed by atoms with E-state index in [-0.39, 0.29) is 0 Å². The Balaban J connectivity index is 1.76. The van der Waals surface area contributed by atoms with Crippen LogP contribution in [0.1, 0.15) is 33.3 Å². The summed E-state index contributed by atoms with van der Waals surface area (Å²) in [6.07, 6.45) is 3.59. The highest BCUT2D eigenvalue weighted by Crippen LogP contribution is 2.30. The standard InChI is InChI=1S/C24H27N5OS/c1-5-29-22-10-8-18(31(30)6-2)14-19(22)23(28-29)20-9-7-16(15-27-20)21-13-17(11-12-26-21)24(3,4)25/h7-15H,5-6,25H2,1-4H3/t31-/m1/s1. The van der Waals surface area contributed by atoms with Gasteiger partial charge in [0.1, 0.15) is 5.69 Å². The van der Waals surface area contributed by atoms with Gasteiger partial charge in [0.25, 0.3) is 0 Å². The minimum atomic E-state index is -1.02. The van der Waals surface area contributed by atoms with Crippen molar-refractivity contribution < 1.29 is 4.21 Å². The van der Waals surface area contributed by atoms with Gasteiger partial charge in [-0.15, -0.1) is 0 Å². The summed E-state index contributed by atoms with van der Waals surface area (Å²) in [5.74, 6) is 0.585. The fraction of sp³-hybridized carbons (Fsp3) is 0.292. The molecule has 0 aliphatic rings. The molecule has 0 spiro atoms. The first kappa shape index (κ1) is 21.3. The molecule has 0 unspecified atom stereocenters. The molecule has 6 nitrogen and oxygen atoms in total. The van der Waals surface area contributed by atoms with E-state index in [4.69, 9.17) is 10.8 Å². The van der Waals surface area contributed by atoms with E-state index < -0.39 is 16.3 Å². The molecule has 7 heteroatoms. The molecular weight excluding hydrogens is 406 g/mol. The minimum absolute atomic E-state index is 0.437. The summed E-state index contributed by atoms with van der Waals surface area (Å²) in [5, 5.41) is 5.74. The third-order valence-corrected chi connectivity index (χ3v) is 6.66. The van der Waals surface area contributed by atoms with Crippen molar-refractivity contribution in [3.63, 3.8) is 0 Å². The number of rotatable bonds is 6. The molecule has 0 aliphatic heterocycles. The van der Waals surface area contributed by atoms with Crippen LogP contribution in [0.4, 0.5) is 0 Å². The van der Waals surface area contributed by atoms with Crippen molar-refractivity contribution in [3.8, 4) is 22.6 Å². The molecule has 2 N–H and O–H groups in total. The van der Waals surface area contributed by atoms with Crippen molar-refractivity contribution in [1.82, 2.24) is 19.7 Å². The molecule has 3 aromatic heterocycles. The fourth-order valence-electron chi connectivity index (χ4n) is 3.57. The van der Waals surface area contributed by atoms with E-state index in [9.17, 15) is 4.21 Å². The lowest BCUT2D eigenvalue weighted by atomic mass is 9.95. The summed E-state index contributed by atoms with van der Waals surface area (Å²) in [5.41, 5.74) is 11.2. The summed E-state index contributed by atoms with van der Waals surface area (Å²) in [6.45, 7) is 8.68. The Morgan fingerprint density at radius 2 is 1.84 bits per heavy atom. The molecule has 0 amide bonds. The molecular formula is C24H27N5OS. The van der Waals surface area contributed by atoms with Gasteiger partial charge in [-0.05, 0) is 68.8 Å². The summed E-state index contributed by atoms with van der Waals surface area (Å²) < 4.78 is 14.3. The molecule has 0 radical (unpaired) electrons. The molecule has 0 fully saturated rings. The van der Waals surface area contributed by atoms with Crippen LogP contribution in [0.3, 0.4) is 0 Å². The summed E-state index contributed by atoms with van der Waals surface area (Å²) >= 11 is 0. The SMILES string of the molecule is CCn1nc(-c2ccc(-c3cc(C(C)(C)N)ccn3)cn2)c2cc([S@](=O)CC)ccc21. The second-order valence-corrected chi connectivity index (χ2v) is 9.80. The maximum Gasteiger partial charge on any atom is 0.119 e. The van der Waals surface area contributed by atoms with Crippen LogP contribution in [0.25, 0.3) is 33.5 Å². The number of pyridine rings is 2. The Hall–Kier alpha value is -2.90. The van der Waals surface area contributed by atoms with E-state index in [2.05, 4.69) is 16.9 Å². The Morgan fingerprint density at radius 3 is 2.48 bits per heavy atom. The monoisotopic (exact) mass is 433 g/mol. The number of fused-ring (bicyclic) bond motifs is 1. The smallest absolute Gasteiger partial charge is 0.119 e. The normalized spacial score (nSPS) is 12.9. The Kier molecular flexibility index (Phi) is 5.73. The average Bonchev–Trinajstić information content (AvgIpc) is 3.16. The number of aromatic nitrogens is 4. The maximum atomic E-state index is 12.3. The molecule has 1 atom stereocenters. The van der Waals surface area contributed by atoms with Gasteiger partial charge in [0.05, 0.1) is 27.7 Å². The van der Waals surface area contributed by atoms with Crippen molar-refractivity contribution in [2.45, 2.75) is 44.7 Å². The first-order valence-electron chi connectivity index (χ1n) is 10.4. The zero-order valence-electron chi connectivity index (χ0n) is 18.3. The maximum absolute atomic E-state index is 12.3. The van der Waals surface area contributed by atoms with Gasteiger partial charge in [-0.3, -0.25) is 18.9 Å². The molecule has 4 aromatic rings. The van der Waals surface area contributed by atoms with Crippen LogP contribution >= 0.6 is 0 Å². The van der Waals surface area contributed by atoms with E-state index in [1.807, 2.05) is 74.1 Å². The first-order chi connectivity index (χ1) is 14.8. The molecule has 0 saturated carbocycles. The highest BCUT2D eigenvalue weighted by Gasteiger charge is 2.17. The van der Waals surface area contributed by atoms with Crippen molar-refractivity contribution in [1.29, 1.82) is 0 Å². The van der Waals surface area contributed by atoms with Gasteiger partial charge in [0, 0.05) is 46.1 Å². The minimum Gasteiger partial charge on any atom is -0.322 e. The Labute approximate surface area is 185 Å². The molecule has 4 rings (SSSR count). The van der Waals surface area contributed by atoms with Gasteiger partial charge in [-0.1, -0.05) is 6.92 Å².